The van der Waals surface area contributed by atoms with E-state index in [1.807, 2.05) is 6.92 Å². The fraction of sp³-hybridized carbons (Fsp3) is 0.667. The monoisotopic (exact) mass is 307 g/mol. The first kappa shape index (κ1) is 14.9. The van der Waals surface area contributed by atoms with Crippen LogP contribution in [0.25, 0.3) is 0 Å². The molecule has 1 aromatic heterocycles. The normalized spacial score (nSPS) is 20.6. The number of hydrogen-bond donors (Lipinski definition) is 0. The van der Waals surface area contributed by atoms with Gasteiger partial charge in [-0.15, -0.1) is 0 Å². The first-order valence-electron chi connectivity index (χ1n) is 7.64. The maximum absolute atomic E-state index is 12.7. The molecule has 120 valence electrons. The number of nitrogens with zero attached hydrogens (tertiary/aromatic N) is 3. The van der Waals surface area contributed by atoms with E-state index in [-0.39, 0.29) is 12.0 Å². The van der Waals surface area contributed by atoms with Gasteiger partial charge >= 0.3 is 6.09 Å². The summed E-state index contributed by atoms with van der Waals surface area (Å²) in [4.78, 5) is 27.7. The first-order chi connectivity index (χ1) is 10.5. The molecule has 0 bridgehead atoms. The summed E-state index contributed by atoms with van der Waals surface area (Å²) in [6.07, 6.45) is 1.70. The molecule has 2 fully saturated rings. The summed E-state index contributed by atoms with van der Waals surface area (Å²) in [5.41, 5.74) is 0.785. The molecule has 0 saturated carbocycles. The SMILES string of the molecule is CCc1onc(C)c1C(=O)N1CCC2(CC1)CN(C)C(=O)O2. The second kappa shape index (κ2) is 5.30. The van der Waals surface area contributed by atoms with Gasteiger partial charge in [-0.1, -0.05) is 12.1 Å². The molecule has 0 aromatic carbocycles. The third-order valence-corrected chi connectivity index (χ3v) is 4.57. The van der Waals surface area contributed by atoms with Crippen molar-refractivity contribution in [2.45, 2.75) is 38.7 Å². The molecule has 3 heterocycles. The van der Waals surface area contributed by atoms with Gasteiger partial charge in [0.1, 0.15) is 16.9 Å². The van der Waals surface area contributed by atoms with Crippen molar-refractivity contribution in [2.75, 3.05) is 26.7 Å². The van der Waals surface area contributed by atoms with Gasteiger partial charge in [0, 0.05) is 39.4 Å². The Hall–Kier alpha value is -2.05. The van der Waals surface area contributed by atoms with Gasteiger partial charge in [0.15, 0.2) is 0 Å². The van der Waals surface area contributed by atoms with E-state index in [9.17, 15) is 9.59 Å². The third kappa shape index (κ3) is 2.34. The Morgan fingerprint density at radius 3 is 2.59 bits per heavy atom. The zero-order chi connectivity index (χ0) is 15.9. The average Bonchev–Trinajstić information content (AvgIpc) is 3.00. The van der Waals surface area contributed by atoms with Crippen LogP contribution in [0.15, 0.2) is 4.52 Å². The van der Waals surface area contributed by atoms with Gasteiger partial charge in [-0.2, -0.15) is 0 Å². The number of rotatable bonds is 2. The molecule has 22 heavy (non-hydrogen) atoms. The van der Waals surface area contributed by atoms with E-state index in [1.54, 1.807) is 23.8 Å². The number of carbonyl (C=O) groups excluding carboxylic acids is 2. The maximum Gasteiger partial charge on any atom is 0.410 e. The van der Waals surface area contributed by atoms with Crippen LogP contribution in [-0.4, -0.2) is 59.2 Å². The first-order valence-corrected chi connectivity index (χ1v) is 7.64. The van der Waals surface area contributed by atoms with Gasteiger partial charge in [0.25, 0.3) is 5.91 Å². The molecular formula is C15H21N3O4. The number of hydrogen-bond acceptors (Lipinski definition) is 5. The van der Waals surface area contributed by atoms with Crippen LogP contribution >= 0.6 is 0 Å². The Morgan fingerprint density at radius 2 is 2.05 bits per heavy atom. The molecule has 2 aliphatic rings. The van der Waals surface area contributed by atoms with Crippen LogP contribution in [0.2, 0.25) is 0 Å². The Morgan fingerprint density at radius 1 is 1.36 bits per heavy atom. The molecule has 2 amide bonds. The van der Waals surface area contributed by atoms with Gasteiger partial charge in [-0.3, -0.25) is 4.79 Å². The number of likely N-dealkylation sites (tertiary alicyclic amines) is 1. The summed E-state index contributed by atoms with van der Waals surface area (Å²) in [6.45, 7) is 5.48. The van der Waals surface area contributed by atoms with Gasteiger partial charge < -0.3 is 19.1 Å². The van der Waals surface area contributed by atoms with Crippen LogP contribution in [0.4, 0.5) is 4.79 Å². The zero-order valence-corrected chi connectivity index (χ0v) is 13.2. The number of carbonyl (C=O) groups is 2. The third-order valence-electron chi connectivity index (χ3n) is 4.57. The van der Waals surface area contributed by atoms with Gasteiger partial charge in [0.05, 0.1) is 12.2 Å². The van der Waals surface area contributed by atoms with E-state index < -0.39 is 5.60 Å². The molecule has 7 heteroatoms. The van der Waals surface area contributed by atoms with Crippen LogP contribution in [0.3, 0.4) is 0 Å². The highest BCUT2D eigenvalue weighted by atomic mass is 16.6. The standard InChI is InChI=1S/C15H21N3O4/c1-4-11-12(10(2)16-22-11)13(19)18-7-5-15(6-8-18)9-17(3)14(20)21-15/h4-9H2,1-3H3. The minimum absolute atomic E-state index is 0.0388. The van der Waals surface area contributed by atoms with E-state index in [0.717, 1.165) is 0 Å². The van der Waals surface area contributed by atoms with Crippen molar-refractivity contribution in [3.05, 3.63) is 17.0 Å². The summed E-state index contributed by atoms with van der Waals surface area (Å²) in [5.74, 6) is 0.595. The molecule has 3 rings (SSSR count). The van der Waals surface area contributed by atoms with Crippen LogP contribution in [0.1, 0.15) is 41.6 Å². The number of likely N-dealkylation sites (N-methyl/N-ethyl adjacent to an activating group) is 1. The summed E-state index contributed by atoms with van der Waals surface area (Å²) in [7, 11) is 1.74. The Bertz CT molecular complexity index is 602. The van der Waals surface area contributed by atoms with Crippen molar-refractivity contribution in [1.82, 2.24) is 15.0 Å². The molecule has 0 atom stereocenters. The number of piperidine rings is 1. The lowest BCUT2D eigenvalue weighted by atomic mass is 9.91. The minimum Gasteiger partial charge on any atom is -0.441 e. The Kier molecular flexibility index (Phi) is 3.58. The zero-order valence-electron chi connectivity index (χ0n) is 13.2. The molecule has 1 aromatic rings. The summed E-state index contributed by atoms with van der Waals surface area (Å²) in [5, 5.41) is 3.90. The van der Waals surface area contributed by atoms with Gasteiger partial charge in [-0.05, 0) is 6.92 Å². The molecule has 0 N–H and O–H groups in total. The second-order valence-corrected chi connectivity index (χ2v) is 6.12. The van der Waals surface area contributed by atoms with E-state index in [4.69, 9.17) is 9.26 Å². The molecular weight excluding hydrogens is 286 g/mol. The fourth-order valence-electron chi connectivity index (χ4n) is 3.26. The van der Waals surface area contributed by atoms with Crippen LogP contribution < -0.4 is 0 Å². The number of amides is 2. The van der Waals surface area contributed by atoms with Gasteiger partial charge in [0.2, 0.25) is 0 Å². The Balaban J connectivity index is 1.70. The van der Waals surface area contributed by atoms with Crippen molar-refractivity contribution < 1.29 is 18.8 Å². The van der Waals surface area contributed by atoms with E-state index in [2.05, 4.69) is 5.16 Å². The lowest BCUT2D eigenvalue weighted by Crippen LogP contribution is -2.48. The molecule has 2 saturated heterocycles. The minimum atomic E-state index is -0.431. The van der Waals surface area contributed by atoms with Crippen molar-refractivity contribution in [1.29, 1.82) is 0 Å². The van der Waals surface area contributed by atoms with Gasteiger partial charge in [-0.25, -0.2) is 4.79 Å². The second-order valence-electron chi connectivity index (χ2n) is 6.12. The quantitative estimate of drug-likeness (QED) is 0.829. The molecule has 0 radical (unpaired) electrons. The fourth-order valence-corrected chi connectivity index (χ4v) is 3.26. The maximum atomic E-state index is 12.7. The average molecular weight is 307 g/mol. The lowest BCUT2D eigenvalue weighted by molar-refractivity contribution is 0.00311. The van der Waals surface area contributed by atoms with Crippen molar-refractivity contribution in [3.8, 4) is 0 Å². The number of ether oxygens (including phenoxy) is 1. The number of aromatic nitrogens is 1. The summed E-state index contributed by atoms with van der Waals surface area (Å²) < 4.78 is 10.7. The highest BCUT2D eigenvalue weighted by molar-refractivity contribution is 5.96. The predicted octanol–water partition coefficient (Wildman–Crippen LogP) is 1.60. The molecule has 2 aliphatic heterocycles. The van der Waals surface area contributed by atoms with Crippen molar-refractivity contribution in [3.63, 3.8) is 0 Å². The van der Waals surface area contributed by atoms with E-state index in [1.165, 1.54) is 0 Å². The highest BCUT2D eigenvalue weighted by Crippen LogP contribution is 2.33. The molecule has 0 unspecified atom stereocenters. The Labute approximate surface area is 129 Å². The van der Waals surface area contributed by atoms with Crippen molar-refractivity contribution in [2.24, 2.45) is 0 Å². The van der Waals surface area contributed by atoms with Crippen LogP contribution in [0.5, 0.6) is 0 Å². The summed E-state index contributed by atoms with van der Waals surface area (Å²) in [6, 6.07) is 0. The molecule has 0 aliphatic carbocycles. The van der Waals surface area contributed by atoms with E-state index >= 15 is 0 Å². The lowest BCUT2D eigenvalue weighted by Gasteiger charge is -2.37. The smallest absolute Gasteiger partial charge is 0.410 e. The molecule has 7 nitrogen and oxygen atoms in total. The summed E-state index contributed by atoms with van der Waals surface area (Å²) >= 11 is 0. The number of aryl methyl sites for hydroxylation is 2. The molecule has 1 spiro atoms. The topological polar surface area (TPSA) is 75.9 Å². The largest absolute Gasteiger partial charge is 0.441 e. The van der Waals surface area contributed by atoms with Crippen molar-refractivity contribution >= 4 is 12.0 Å². The predicted molar refractivity (Wildman–Crippen MR) is 77.6 cm³/mol. The highest BCUT2D eigenvalue weighted by Gasteiger charge is 2.46. The van der Waals surface area contributed by atoms with Crippen LogP contribution in [0, 0.1) is 6.92 Å². The van der Waals surface area contributed by atoms with E-state index in [0.29, 0.717) is 55.9 Å². The van der Waals surface area contributed by atoms with Crippen LogP contribution in [-0.2, 0) is 11.2 Å².